The van der Waals surface area contributed by atoms with Gasteiger partial charge in [0.15, 0.2) is 0 Å². The van der Waals surface area contributed by atoms with E-state index in [4.69, 9.17) is 0 Å². The summed E-state index contributed by atoms with van der Waals surface area (Å²) in [6.07, 6.45) is 7.07. The largest absolute Gasteiger partial charge is 0.673 e. The normalized spacial score (nSPS) is 9.51. The molecule has 0 spiro atoms. The number of pyridine rings is 4. The SMILES string of the molecule is F[B-](F)(F)F.F[B-](F)(F)F.O.O.[Cu].c1ccc(-c2ccccn2)nc1.c1ccc(-c2ccccn2)nc1. The second-order valence-corrected chi connectivity index (χ2v) is 5.85. The van der Waals surface area contributed by atoms with Crippen LogP contribution in [0, 0.1) is 0 Å². The number of nitrogens with zero attached hydrogens (tertiary/aromatic N) is 4. The van der Waals surface area contributed by atoms with Gasteiger partial charge in [0.25, 0.3) is 0 Å². The van der Waals surface area contributed by atoms with Crippen molar-refractivity contribution in [2.75, 3.05) is 0 Å². The van der Waals surface area contributed by atoms with Crippen molar-refractivity contribution in [2.45, 2.75) is 0 Å². The monoisotopic (exact) mass is 585 g/mol. The first kappa shape index (κ1) is 38.1. The maximum Gasteiger partial charge on any atom is 0.673 e. The van der Waals surface area contributed by atoms with E-state index in [1.54, 1.807) is 24.8 Å². The van der Waals surface area contributed by atoms with Crippen molar-refractivity contribution >= 4 is 14.5 Å². The third kappa shape index (κ3) is 22.8. The van der Waals surface area contributed by atoms with E-state index < -0.39 is 14.5 Å². The van der Waals surface area contributed by atoms with Gasteiger partial charge in [-0.3, -0.25) is 19.9 Å². The molecule has 0 aliphatic rings. The molecule has 0 aliphatic heterocycles. The fourth-order valence-corrected chi connectivity index (χ4v) is 2.06. The molecule has 1 radical (unpaired) electrons. The van der Waals surface area contributed by atoms with Gasteiger partial charge in [0.2, 0.25) is 0 Å². The standard InChI is InChI=1S/2C10H8N2.2BF4.Cu.2H2O/c2*1-3-7-11-9(5-1)10-6-2-4-8-12-10;2*2-1(3,4)5;;;/h2*1-8H;;;;2*1H2/q;;2*-1;;;. The summed E-state index contributed by atoms with van der Waals surface area (Å²) in [5.41, 5.74) is 3.66. The molecule has 0 aromatic carbocycles. The van der Waals surface area contributed by atoms with Gasteiger partial charge in [0.05, 0.1) is 22.8 Å². The molecule has 0 fully saturated rings. The molecule has 0 saturated heterocycles. The van der Waals surface area contributed by atoms with Crippen LogP contribution in [-0.2, 0) is 17.1 Å². The van der Waals surface area contributed by atoms with Crippen molar-refractivity contribution in [3.63, 3.8) is 0 Å². The van der Waals surface area contributed by atoms with Crippen LogP contribution in [0.4, 0.5) is 34.5 Å². The number of halogens is 8. The summed E-state index contributed by atoms with van der Waals surface area (Å²) in [5.74, 6) is 0. The molecular weight excluding hydrogens is 565 g/mol. The molecule has 207 valence electrons. The predicted molar refractivity (Wildman–Crippen MR) is 123 cm³/mol. The molecule has 4 aromatic rings. The Morgan fingerprint density at radius 2 is 0.541 bits per heavy atom. The van der Waals surface area contributed by atoms with E-state index in [-0.39, 0.29) is 28.0 Å². The molecule has 4 heterocycles. The van der Waals surface area contributed by atoms with Gasteiger partial charge >= 0.3 is 14.5 Å². The molecule has 4 rings (SSSR count). The van der Waals surface area contributed by atoms with Crippen molar-refractivity contribution in [3.8, 4) is 22.8 Å². The fraction of sp³-hybridized carbons (Fsp3) is 0. The van der Waals surface area contributed by atoms with Crippen LogP contribution in [0.15, 0.2) is 97.6 Å². The van der Waals surface area contributed by atoms with Crippen LogP contribution >= 0.6 is 0 Å². The third-order valence-electron chi connectivity index (χ3n) is 3.18. The molecule has 4 N–H and O–H groups in total. The van der Waals surface area contributed by atoms with Crippen LogP contribution in [-0.4, -0.2) is 45.4 Å². The molecular formula is C20H20B2CuF8N4O2-2. The van der Waals surface area contributed by atoms with Crippen molar-refractivity contribution in [1.29, 1.82) is 0 Å². The summed E-state index contributed by atoms with van der Waals surface area (Å²) >= 11 is 0. The molecule has 0 bridgehead atoms. The topological polar surface area (TPSA) is 115 Å². The first-order chi connectivity index (χ1) is 15.9. The van der Waals surface area contributed by atoms with Crippen LogP contribution in [0.25, 0.3) is 22.8 Å². The minimum absolute atomic E-state index is 0. The summed E-state index contributed by atoms with van der Waals surface area (Å²) in [5, 5.41) is 0. The van der Waals surface area contributed by atoms with Gasteiger partial charge in [-0.2, -0.15) is 0 Å². The first-order valence-electron chi connectivity index (χ1n) is 9.33. The molecule has 17 heteroatoms. The molecule has 0 atom stereocenters. The molecule has 6 nitrogen and oxygen atoms in total. The van der Waals surface area contributed by atoms with Gasteiger partial charge in [-0.1, -0.05) is 24.3 Å². The summed E-state index contributed by atoms with van der Waals surface area (Å²) in [7, 11) is -12.0. The summed E-state index contributed by atoms with van der Waals surface area (Å²) in [6.45, 7) is 0. The second kappa shape index (κ2) is 19.8. The minimum atomic E-state index is -6.00. The van der Waals surface area contributed by atoms with Crippen LogP contribution in [0.2, 0.25) is 0 Å². The van der Waals surface area contributed by atoms with E-state index in [1.807, 2.05) is 72.8 Å². The van der Waals surface area contributed by atoms with Crippen molar-refractivity contribution in [1.82, 2.24) is 19.9 Å². The van der Waals surface area contributed by atoms with Crippen LogP contribution in [0.5, 0.6) is 0 Å². The summed E-state index contributed by atoms with van der Waals surface area (Å²) in [4.78, 5) is 16.7. The van der Waals surface area contributed by atoms with Gasteiger partial charge in [-0.25, -0.2) is 0 Å². The zero-order valence-corrected chi connectivity index (χ0v) is 19.4. The number of hydrogen-bond donors (Lipinski definition) is 0. The molecule has 4 aromatic heterocycles. The van der Waals surface area contributed by atoms with Crippen molar-refractivity contribution in [3.05, 3.63) is 97.6 Å². The zero-order valence-electron chi connectivity index (χ0n) is 18.5. The molecule has 0 aliphatic carbocycles. The minimum Gasteiger partial charge on any atom is -0.418 e. The number of aromatic nitrogens is 4. The quantitative estimate of drug-likeness (QED) is 0.237. The Labute approximate surface area is 217 Å². The molecule has 0 saturated carbocycles. The van der Waals surface area contributed by atoms with Crippen LogP contribution in [0.3, 0.4) is 0 Å². The molecule has 0 amide bonds. The van der Waals surface area contributed by atoms with E-state index in [0.29, 0.717) is 0 Å². The average molecular weight is 586 g/mol. The molecule has 0 unspecified atom stereocenters. The predicted octanol–water partition coefficient (Wildman–Crippen LogP) is 5.24. The van der Waals surface area contributed by atoms with Gasteiger partial charge in [-0.05, 0) is 48.5 Å². The van der Waals surface area contributed by atoms with E-state index in [0.717, 1.165) is 22.8 Å². The van der Waals surface area contributed by atoms with Crippen molar-refractivity contribution < 1.29 is 62.5 Å². The third-order valence-corrected chi connectivity index (χ3v) is 3.18. The fourth-order valence-electron chi connectivity index (χ4n) is 2.06. The van der Waals surface area contributed by atoms with E-state index in [2.05, 4.69) is 19.9 Å². The molecule has 37 heavy (non-hydrogen) atoms. The zero-order chi connectivity index (χ0) is 25.5. The summed E-state index contributed by atoms with van der Waals surface area (Å²) in [6, 6.07) is 23.2. The Bertz CT molecular complexity index is 884. The van der Waals surface area contributed by atoms with Crippen molar-refractivity contribution in [2.24, 2.45) is 0 Å². The Balaban J connectivity index is -0.000000439. The smallest absolute Gasteiger partial charge is 0.418 e. The van der Waals surface area contributed by atoms with Gasteiger partial charge in [0.1, 0.15) is 0 Å². The Hall–Kier alpha value is -3.39. The van der Waals surface area contributed by atoms with E-state index in [1.165, 1.54) is 0 Å². The summed E-state index contributed by atoms with van der Waals surface area (Å²) < 4.78 is 78.0. The van der Waals surface area contributed by atoms with E-state index in [9.17, 15) is 34.5 Å². The van der Waals surface area contributed by atoms with E-state index >= 15 is 0 Å². The number of rotatable bonds is 2. The Kier molecular flexibility index (Phi) is 20.4. The Morgan fingerprint density at radius 3 is 0.649 bits per heavy atom. The average Bonchev–Trinajstić information content (AvgIpc) is 2.80. The maximum absolute atomic E-state index is 9.75. The first-order valence-corrected chi connectivity index (χ1v) is 9.33. The number of hydrogen-bond acceptors (Lipinski definition) is 4. The maximum atomic E-state index is 9.75. The van der Waals surface area contributed by atoms with Crippen LogP contribution < -0.4 is 0 Å². The van der Waals surface area contributed by atoms with Gasteiger partial charge in [0, 0.05) is 41.9 Å². The van der Waals surface area contributed by atoms with Gasteiger partial charge < -0.3 is 45.5 Å². The van der Waals surface area contributed by atoms with Gasteiger partial charge in [-0.15, -0.1) is 0 Å². The van der Waals surface area contributed by atoms with Crippen LogP contribution in [0.1, 0.15) is 0 Å². The second-order valence-electron chi connectivity index (χ2n) is 5.85. The Morgan fingerprint density at radius 1 is 0.378 bits per heavy atom.